The van der Waals surface area contributed by atoms with Gasteiger partial charge in [0.25, 0.3) is 0 Å². The van der Waals surface area contributed by atoms with Gasteiger partial charge in [0, 0.05) is 26.0 Å². The van der Waals surface area contributed by atoms with E-state index in [-0.39, 0.29) is 0 Å². The quantitative estimate of drug-likeness (QED) is 0.823. The average molecular weight is 217 g/mol. The summed E-state index contributed by atoms with van der Waals surface area (Å²) in [6.45, 7) is 3.48. The topological polar surface area (TPSA) is 55.6 Å². The van der Waals surface area contributed by atoms with Crippen LogP contribution in [0.2, 0.25) is 0 Å². The number of nitrogens with one attached hydrogen (secondary N) is 1. The van der Waals surface area contributed by atoms with Crippen molar-refractivity contribution < 1.29 is 0 Å². The molecule has 2 rings (SSSR count). The Balaban J connectivity index is 1.87. The second-order valence-corrected chi connectivity index (χ2v) is 3.68. The minimum Gasteiger partial charge on any atom is -0.317 e. The Morgan fingerprint density at radius 1 is 1.19 bits per heavy atom. The normalized spacial score (nSPS) is 10.6. The Hall–Kier alpha value is -1.75. The van der Waals surface area contributed by atoms with Gasteiger partial charge in [-0.1, -0.05) is 0 Å². The van der Waals surface area contributed by atoms with Crippen LogP contribution in [0.4, 0.5) is 0 Å². The fraction of sp³-hybridized carbons (Fsp3) is 0.364. The van der Waals surface area contributed by atoms with Crippen LogP contribution in [-0.2, 0) is 20.1 Å². The van der Waals surface area contributed by atoms with Crippen LogP contribution in [0.5, 0.6) is 0 Å². The molecule has 0 fully saturated rings. The monoisotopic (exact) mass is 217 g/mol. The molecule has 0 unspecified atom stereocenters. The third kappa shape index (κ3) is 2.43. The predicted molar refractivity (Wildman–Crippen MR) is 60.5 cm³/mol. The highest BCUT2D eigenvalue weighted by atomic mass is 15.3. The van der Waals surface area contributed by atoms with Crippen molar-refractivity contribution in [3.05, 3.63) is 41.7 Å². The van der Waals surface area contributed by atoms with Gasteiger partial charge in [0.1, 0.15) is 11.6 Å². The molecule has 0 aliphatic heterocycles. The molecular formula is C11H15N5. The zero-order valence-electron chi connectivity index (χ0n) is 9.51. The number of rotatable bonds is 4. The number of aryl methyl sites for hydroxylation is 1. The van der Waals surface area contributed by atoms with Crippen LogP contribution in [0.25, 0.3) is 0 Å². The fourth-order valence-electron chi connectivity index (χ4n) is 1.42. The Kier molecular flexibility index (Phi) is 3.26. The highest BCUT2D eigenvalue weighted by Crippen LogP contribution is 1.99. The first kappa shape index (κ1) is 10.8. The van der Waals surface area contributed by atoms with Crippen molar-refractivity contribution >= 4 is 0 Å². The first-order chi connectivity index (χ1) is 7.77. The summed E-state index contributed by atoms with van der Waals surface area (Å²) in [6, 6.07) is 3.99. The van der Waals surface area contributed by atoms with Crippen LogP contribution in [-0.4, -0.2) is 19.7 Å². The standard InChI is InChI=1S/C11H15N5/c1-9-14-15-11(16(9)2)8-13-7-10-3-5-12-6-4-10/h3-6,13H,7-8H2,1-2H3. The van der Waals surface area contributed by atoms with Crippen molar-refractivity contribution in [3.8, 4) is 0 Å². The first-order valence-electron chi connectivity index (χ1n) is 5.22. The van der Waals surface area contributed by atoms with Gasteiger partial charge in [-0.3, -0.25) is 4.98 Å². The summed E-state index contributed by atoms with van der Waals surface area (Å²) in [6.07, 6.45) is 3.59. The predicted octanol–water partition coefficient (Wildman–Crippen LogP) is 0.808. The summed E-state index contributed by atoms with van der Waals surface area (Å²) < 4.78 is 1.99. The zero-order chi connectivity index (χ0) is 11.4. The van der Waals surface area contributed by atoms with Gasteiger partial charge >= 0.3 is 0 Å². The summed E-state index contributed by atoms with van der Waals surface area (Å²) >= 11 is 0. The van der Waals surface area contributed by atoms with E-state index in [0.29, 0.717) is 0 Å². The Morgan fingerprint density at radius 2 is 1.94 bits per heavy atom. The Bertz CT molecular complexity index is 449. The second kappa shape index (κ2) is 4.85. The Labute approximate surface area is 94.5 Å². The van der Waals surface area contributed by atoms with E-state index in [4.69, 9.17) is 0 Å². The van der Waals surface area contributed by atoms with Gasteiger partial charge < -0.3 is 9.88 Å². The fourth-order valence-corrected chi connectivity index (χ4v) is 1.42. The van der Waals surface area contributed by atoms with Crippen molar-refractivity contribution in [3.63, 3.8) is 0 Å². The summed E-state index contributed by atoms with van der Waals surface area (Å²) in [5, 5.41) is 11.4. The molecule has 16 heavy (non-hydrogen) atoms. The number of nitrogens with zero attached hydrogens (tertiary/aromatic N) is 4. The summed E-state index contributed by atoms with van der Waals surface area (Å²) in [5.41, 5.74) is 1.22. The maximum absolute atomic E-state index is 4.08. The van der Waals surface area contributed by atoms with Crippen LogP contribution >= 0.6 is 0 Å². The highest BCUT2D eigenvalue weighted by Gasteiger charge is 2.03. The second-order valence-electron chi connectivity index (χ2n) is 3.68. The van der Waals surface area contributed by atoms with E-state index in [1.54, 1.807) is 12.4 Å². The molecule has 5 heteroatoms. The van der Waals surface area contributed by atoms with E-state index in [2.05, 4.69) is 20.5 Å². The molecule has 1 N–H and O–H groups in total. The summed E-state index contributed by atoms with van der Waals surface area (Å²) in [7, 11) is 1.97. The molecule has 2 heterocycles. The molecule has 84 valence electrons. The molecular weight excluding hydrogens is 202 g/mol. The van der Waals surface area contributed by atoms with E-state index in [1.807, 2.05) is 30.7 Å². The molecule has 0 aliphatic carbocycles. The van der Waals surface area contributed by atoms with Crippen LogP contribution in [0.3, 0.4) is 0 Å². The minimum absolute atomic E-state index is 0.722. The zero-order valence-corrected chi connectivity index (χ0v) is 9.51. The molecule has 0 aliphatic rings. The van der Waals surface area contributed by atoms with Crippen molar-refractivity contribution in [2.24, 2.45) is 7.05 Å². The maximum Gasteiger partial charge on any atom is 0.146 e. The smallest absolute Gasteiger partial charge is 0.146 e. The molecule has 0 aromatic carbocycles. The van der Waals surface area contributed by atoms with Gasteiger partial charge in [-0.25, -0.2) is 0 Å². The number of hydrogen-bond acceptors (Lipinski definition) is 4. The van der Waals surface area contributed by atoms with Crippen LogP contribution in [0.1, 0.15) is 17.2 Å². The molecule has 2 aromatic rings. The van der Waals surface area contributed by atoms with E-state index < -0.39 is 0 Å². The maximum atomic E-state index is 4.08. The summed E-state index contributed by atoms with van der Waals surface area (Å²) in [5.74, 6) is 1.88. The van der Waals surface area contributed by atoms with E-state index in [0.717, 1.165) is 24.7 Å². The van der Waals surface area contributed by atoms with Gasteiger partial charge in [-0.05, 0) is 24.6 Å². The lowest BCUT2D eigenvalue weighted by atomic mass is 10.3. The van der Waals surface area contributed by atoms with Gasteiger partial charge in [0.05, 0.1) is 6.54 Å². The van der Waals surface area contributed by atoms with Gasteiger partial charge in [0.15, 0.2) is 0 Å². The van der Waals surface area contributed by atoms with Crippen LogP contribution in [0, 0.1) is 6.92 Å². The lowest BCUT2D eigenvalue weighted by Crippen LogP contribution is -2.16. The number of pyridine rings is 1. The first-order valence-corrected chi connectivity index (χ1v) is 5.22. The van der Waals surface area contributed by atoms with Crippen molar-refractivity contribution in [1.29, 1.82) is 0 Å². The van der Waals surface area contributed by atoms with E-state index in [1.165, 1.54) is 5.56 Å². The van der Waals surface area contributed by atoms with Gasteiger partial charge in [-0.15, -0.1) is 10.2 Å². The number of hydrogen-bond donors (Lipinski definition) is 1. The van der Waals surface area contributed by atoms with Crippen LogP contribution < -0.4 is 5.32 Å². The van der Waals surface area contributed by atoms with Gasteiger partial charge in [-0.2, -0.15) is 0 Å². The summed E-state index contributed by atoms with van der Waals surface area (Å²) in [4.78, 5) is 3.97. The molecule has 0 bridgehead atoms. The van der Waals surface area contributed by atoms with Crippen LogP contribution in [0.15, 0.2) is 24.5 Å². The molecule has 0 radical (unpaired) electrons. The van der Waals surface area contributed by atoms with E-state index in [9.17, 15) is 0 Å². The van der Waals surface area contributed by atoms with Crippen molar-refractivity contribution in [2.45, 2.75) is 20.0 Å². The minimum atomic E-state index is 0.722. The van der Waals surface area contributed by atoms with Crippen molar-refractivity contribution in [1.82, 2.24) is 25.1 Å². The molecule has 2 aromatic heterocycles. The number of aromatic nitrogens is 4. The highest BCUT2D eigenvalue weighted by molar-refractivity contribution is 5.09. The lowest BCUT2D eigenvalue weighted by Gasteiger charge is -2.04. The molecule has 0 spiro atoms. The molecule has 0 atom stereocenters. The molecule has 5 nitrogen and oxygen atoms in total. The van der Waals surface area contributed by atoms with Crippen molar-refractivity contribution in [2.75, 3.05) is 0 Å². The van der Waals surface area contributed by atoms with Gasteiger partial charge in [0.2, 0.25) is 0 Å². The lowest BCUT2D eigenvalue weighted by molar-refractivity contribution is 0.634. The molecule has 0 saturated heterocycles. The molecule has 0 saturated carbocycles. The van der Waals surface area contributed by atoms with E-state index >= 15 is 0 Å². The SMILES string of the molecule is Cc1nnc(CNCc2ccncc2)n1C. The third-order valence-corrected chi connectivity index (χ3v) is 2.54. The Morgan fingerprint density at radius 3 is 2.56 bits per heavy atom. The largest absolute Gasteiger partial charge is 0.317 e. The molecule has 0 amide bonds. The third-order valence-electron chi connectivity index (χ3n) is 2.54. The average Bonchev–Trinajstić information content (AvgIpc) is 2.62.